The second kappa shape index (κ2) is 4.71. The zero-order valence-corrected chi connectivity index (χ0v) is 5.33. The summed E-state index contributed by atoms with van der Waals surface area (Å²) in [5.41, 5.74) is 14.5. The predicted octanol–water partition coefficient (Wildman–Crippen LogP) is -3.15. The molecule has 0 fully saturated rings. The monoisotopic (exact) mass is 149 g/mol. The van der Waals surface area contributed by atoms with E-state index in [0.29, 0.717) is 0 Å². The van der Waals surface area contributed by atoms with Crippen molar-refractivity contribution in [2.75, 3.05) is 0 Å². The first-order chi connectivity index (χ1) is 4.04. The standard InChI is InChI=1S/C4H9N3O2.H2O/c5-2(4(7)9)1-3(6)8;/h2H,1,5H2,(H2,6,8)(H2,7,9);1H2/t2-;/m0./s1. The van der Waals surface area contributed by atoms with Gasteiger partial charge in [-0.2, -0.15) is 0 Å². The van der Waals surface area contributed by atoms with Crippen molar-refractivity contribution in [3.8, 4) is 0 Å². The number of amides is 2. The average molecular weight is 149 g/mol. The Morgan fingerprint density at radius 1 is 1.30 bits per heavy atom. The fourth-order valence-electron chi connectivity index (χ4n) is 0.317. The van der Waals surface area contributed by atoms with Gasteiger partial charge in [-0.3, -0.25) is 9.59 Å². The van der Waals surface area contributed by atoms with Crippen molar-refractivity contribution in [1.29, 1.82) is 0 Å². The highest BCUT2D eigenvalue weighted by Crippen LogP contribution is 1.82. The third kappa shape index (κ3) is 5.01. The van der Waals surface area contributed by atoms with Crippen LogP contribution in [0, 0.1) is 0 Å². The third-order valence-corrected chi connectivity index (χ3v) is 0.787. The molecule has 0 aliphatic carbocycles. The van der Waals surface area contributed by atoms with Gasteiger partial charge in [0.1, 0.15) is 0 Å². The van der Waals surface area contributed by atoms with E-state index in [1.54, 1.807) is 0 Å². The lowest BCUT2D eigenvalue weighted by molar-refractivity contribution is -0.124. The van der Waals surface area contributed by atoms with E-state index in [1.165, 1.54) is 0 Å². The minimum Gasteiger partial charge on any atom is -0.412 e. The normalized spacial score (nSPS) is 11.3. The zero-order valence-electron chi connectivity index (χ0n) is 5.33. The van der Waals surface area contributed by atoms with Crippen LogP contribution < -0.4 is 17.2 Å². The molecule has 8 N–H and O–H groups in total. The minimum atomic E-state index is -0.942. The van der Waals surface area contributed by atoms with Crippen molar-refractivity contribution in [3.05, 3.63) is 0 Å². The molecule has 0 aromatic rings. The maximum absolute atomic E-state index is 10.1. The first kappa shape index (κ1) is 11.6. The molecule has 0 aromatic carbocycles. The smallest absolute Gasteiger partial charge is 0.234 e. The van der Waals surface area contributed by atoms with Crippen LogP contribution in [0.1, 0.15) is 6.42 Å². The van der Waals surface area contributed by atoms with E-state index in [1.807, 2.05) is 0 Å². The van der Waals surface area contributed by atoms with E-state index < -0.39 is 17.9 Å². The fourth-order valence-corrected chi connectivity index (χ4v) is 0.317. The van der Waals surface area contributed by atoms with E-state index >= 15 is 0 Å². The molecule has 0 saturated heterocycles. The third-order valence-electron chi connectivity index (χ3n) is 0.787. The van der Waals surface area contributed by atoms with Gasteiger partial charge in [0.2, 0.25) is 11.8 Å². The van der Waals surface area contributed by atoms with Gasteiger partial charge in [0, 0.05) is 0 Å². The van der Waals surface area contributed by atoms with Crippen LogP contribution >= 0.6 is 0 Å². The molecular weight excluding hydrogens is 138 g/mol. The highest BCUT2D eigenvalue weighted by Gasteiger charge is 2.10. The molecular formula is C4H11N3O3. The lowest BCUT2D eigenvalue weighted by Crippen LogP contribution is -2.39. The lowest BCUT2D eigenvalue weighted by atomic mass is 10.2. The number of carbonyl (C=O) groups is 2. The summed E-state index contributed by atoms with van der Waals surface area (Å²) in [5.74, 6) is -1.34. The highest BCUT2D eigenvalue weighted by atomic mass is 16.2. The van der Waals surface area contributed by atoms with Crippen LogP contribution in [0.15, 0.2) is 0 Å². The van der Waals surface area contributed by atoms with Crippen molar-refractivity contribution in [2.24, 2.45) is 17.2 Å². The zero-order chi connectivity index (χ0) is 7.44. The van der Waals surface area contributed by atoms with Crippen LogP contribution in [-0.2, 0) is 9.59 Å². The van der Waals surface area contributed by atoms with Crippen molar-refractivity contribution in [3.63, 3.8) is 0 Å². The molecule has 1 atom stereocenters. The van der Waals surface area contributed by atoms with Crippen LogP contribution in [0.4, 0.5) is 0 Å². The molecule has 2 amide bonds. The maximum Gasteiger partial charge on any atom is 0.234 e. The van der Waals surface area contributed by atoms with E-state index in [9.17, 15) is 9.59 Å². The molecule has 0 radical (unpaired) electrons. The van der Waals surface area contributed by atoms with E-state index in [0.717, 1.165) is 0 Å². The van der Waals surface area contributed by atoms with Gasteiger partial charge in [0.25, 0.3) is 0 Å². The number of carbonyl (C=O) groups excluding carboxylic acids is 2. The summed E-state index contributed by atoms with van der Waals surface area (Å²) in [6.45, 7) is 0. The first-order valence-corrected chi connectivity index (χ1v) is 2.37. The molecule has 0 heterocycles. The summed E-state index contributed by atoms with van der Waals surface area (Å²) in [5, 5.41) is 0. The van der Waals surface area contributed by atoms with Crippen molar-refractivity contribution in [2.45, 2.75) is 12.5 Å². The molecule has 0 aromatic heterocycles. The van der Waals surface area contributed by atoms with Gasteiger partial charge < -0.3 is 22.7 Å². The number of nitrogens with two attached hydrogens (primary N) is 3. The molecule has 0 aliphatic heterocycles. The molecule has 0 saturated carbocycles. The van der Waals surface area contributed by atoms with Crippen molar-refractivity contribution in [1.82, 2.24) is 0 Å². The van der Waals surface area contributed by atoms with E-state index in [4.69, 9.17) is 17.2 Å². The number of hydrogen-bond acceptors (Lipinski definition) is 3. The highest BCUT2D eigenvalue weighted by molar-refractivity contribution is 5.86. The summed E-state index contributed by atoms with van der Waals surface area (Å²) >= 11 is 0. The van der Waals surface area contributed by atoms with Crippen LogP contribution in [0.3, 0.4) is 0 Å². The van der Waals surface area contributed by atoms with Gasteiger partial charge in [0.15, 0.2) is 0 Å². The first-order valence-electron chi connectivity index (χ1n) is 2.37. The largest absolute Gasteiger partial charge is 0.412 e. The summed E-state index contributed by atoms with van der Waals surface area (Å²) < 4.78 is 0. The van der Waals surface area contributed by atoms with Crippen LogP contribution in [0.5, 0.6) is 0 Å². The molecule has 6 nitrogen and oxygen atoms in total. The molecule has 60 valence electrons. The molecule has 10 heavy (non-hydrogen) atoms. The van der Waals surface area contributed by atoms with Gasteiger partial charge in [-0.15, -0.1) is 0 Å². The molecule has 0 bridgehead atoms. The second-order valence-corrected chi connectivity index (χ2v) is 1.68. The average Bonchev–Trinajstić information content (AvgIpc) is 1.63. The minimum absolute atomic E-state index is 0. The number of primary amides is 2. The van der Waals surface area contributed by atoms with Crippen molar-refractivity contribution < 1.29 is 15.1 Å². The molecule has 0 spiro atoms. The summed E-state index contributed by atoms with van der Waals surface area (Å²) in [6.07, 6.45) is -0.185. The van der Waals surface area contributed by atoms with Crippen LogP contribution in [0.25, 0.3) is 0 Å². The van der Waals surface area contributed by atoms with Gasteiger partial charge in [-0.1, -0.05) is 0 Å². The molecule has 0 aliphatic rings. The Kier molecular flexibility index (Phi) is 5.48. The quantitative estimate of drug-likeness (QED) is 0.389. The molecule has 0 rings (SSSR count). The number of rotatable bonds is 3. The maximum atomic E-state index is 10.1. The SMILES string of the molecule is NC(=O)C[C@H](N)C(N)=O.O. The topological polar surface area (TPSA) is 144 Å². The Morgan fingerprint density at radius 3 is 1.80 bits per heavy atom. The van der Waals surface area contributed by atoms with Gasteiger partial charge in [-0.25, -0.2) is 0 Å². The van der Waals surface area contributed by atoms with E-state index in [-0.39, 0.29) is 11.9 Å². The molecule has 0 unspecified atom stereocenters. The lowest BCUT2D eigenvalue weighted by Gasteiger charge is -2.01. The Balaban J connectivity index is 0. The van der Waals surface area contributed by atoms with Crippen LogP contribution in [-0.4, -0.2) is 23.3 Å². The summed E-state index contributed by atoms with van der Waals surface area (Å²) in [7, 11) is 0. The van der Waals surface area contributed by atoms with E-state index in [2.05, 4.69) is 0 Å². The Hall–Kier alpha value is -1.14. The predicted molar refractivity (Wildman–Crippen MR) is 34.6 cm³/mol. The Morgan fingerprint density at radius 2 is 1.70 bits per heavy atom. The Labute approximate surface area is 57.7 Å². The fraction of sp³-hybridized carbons (Fsp3) is 0.500. The van der Waals surface area contributed by atoms with Crippen LogP contribution in [0.2, 0.25) is 0 Å². The molecule has 6 heteroatoms. The van der Waals surface area contributed by atoms with Gasteiger partial charge in [0.05, 0.1) is 12.5 Å². The van der Waals surface area contributed by atoms with Gasteiger partial charge >= 0.3 is 0 Å². The number of hydrogen-bond donors (Lipinski definition) is 3. The summed E-state index contributed by atoms with van der Waals surface area (Å²) in [6, 6.07) is -0.942. The second-order valence-electron chi connectivity index (χ2n) is 1.68. The van der Waals surface area contributed by atoms with Crippen molar-refractivity contribution >= 4 is 11.8 Å². The summed E-state index contributed by atoms with van der Waals surface area (Å²) in [4.78, 5) is 20.2. The Bertz CT molecular complexity index is 136. The van der Waals surface area contributed by atoms with Gasteiger partial charge in [-0.05, 0) is 0 Å².